The number of hydrogen-bond acceptors (Lipinski definition) is 4. The summed E-state index contributed by atoms with van der Waals surface area (Å²) in [4.78, 5) is 2.54. The number of benzene rings is 2. The Morgan fingerprint density at radius 2 is 1.86 bits per heavy atom. The Morgan fingerprint density at radius 1 is 1.11 bits per heavy atom. The van der Waals surface area contributed by atoms with Crippen LogP contribution in [-0.4, -0.2) is 41.0 Å². The average Bonchev–Trinajstić information content (AvgIpc) is 3.17. The maximum atomic E-state index is 6.67. The summed E-state index contributed by atoms with van der Waals surface area (Å²) in [5.41, 5.74) is 2.97. The van der Waals surface area contributed by atoms with Crippen LogP contribution in [0.2, 0.25) is 5.02 Å². The highest BCUT2D eigenvalue weighted by Gasteiger charge is 2.51. The zero-order valence-electron chi connectivity index (χ0n) is 16.3. The lowest BCUT2D eigenvalue weighted by molar-refractivity contribution is -0.149. The molecule has 0 radical (unpaired) electrons. The van der Waals surface area contributed by atoms with Crippen LogP contribution in [0, 0.1) is 0 Å². The monoisotopic (exact) mass is 395 g/mol. The van der Waals surface area contributed by atoms with Crippen molar-refractivity contribution in [2.75, 3.05) is 19.6 Å². The minimum atomic E-state index is -0.355. The fourth-order valence-electron chi connectivity index (χ4n) is 4.86. The topological polar surface area (TPSA) is 28.1 Å². The summed E-state index contributed by atoms with van der Waals surface area (Å²) < 4.78 is 6.67. The highest BCUT2D eigenvalue weighted by molar-refractivity contribution is 6.34. The van der Waals surface area contributed by atoms with Crippen molar-refractivity contribution >= 4 is 17.3 Å². The van der Waals surface area contributed by atoms with Crippen LogP contribution in [0.1, 0.15) is 49.8 Å². The average molecular weight is 396 g/mol. The van der Waals surface area contributed by atoms with E-state index >= 15 is 0 Å². The van der Waals surface area contributed by atoms with Crippen LogP contribution in [0.15, 0.2) is 53.6 Å². The predicted octanol–water partition coefficient (Wildman–Crippen LogP) is 5.09. The molecule has 0 unspecified atom stereocenters. The molecule has 2 aromatic carbocycles. The van der Waals surface area contributed by atoms with Crippen molar-refractivity contribution in [1.29, 1.82) is 0 Å². The van der Waals surface area contributed by atoms with Gasteiger partial charge in [0.15, 0.2) is 0 Å². The molecule has 0 bridgehead atoms. The molecule has 1 fully saturated rings. The van der Waals surface area contributed by atoms with Crippen molar-refractivity contribution < 1.29 is 4.74 Å². The van der Waals surface area contributed by atoms with Gasteiger partial charge in [0.2, 0.25) is 5.72 Å². The lowest BCUT2D eigenvalue weighted by Gasteiger charge is -2.51. The van der Waals surface area contributed by atoms with Gasteiger partial charge in [-0.25, -0.2) is 5.01 Å². The van der Waals surface area contributed by atoms with E-state index in [-0.39, 0.29) is 11.8 Å². The molecule has 3 heterocycles. The molecule has 5 heteroatoms. The number of piperidine rings is 1. The second kappa shape index (κ2) is 7.09. The second-order valence-electron chi connectivity index (χ2n) is 8.02. The minimum Gasteiger partial charge on any atom is -0.466 e. The van der Waals surface area contributed by atoms with Gasteiger partial charge in [-0.15, -0.1) is 0 Å². The van der Waals surface area contributed by atoms with Crippen molar-refractivity contribution in [3.8, 4) is 5.75 Å². The van der Waals surface area contributed by atoms with E-state index in [1.54, 1.807) is 0 Å². The molecule has 0 amide bonds. The van der Waals surface area contributed by atoms with Gasteiger partial charge in [0.05, 0.1) is 11.8 Å². The molecule has 0 saturated carbocycles. The zero-order valence-corrected chi connectivity index (χ0v) is 17.0. The summed E-state index contributed by atoms with van der Waals surface area (Å²) in [6.07, 6.45) is 4.00. The van der Waals surface area contributed by atoms with E-state index in [1.807, 2.05) is 18.2 Å². The first kappa shape index (κ1) is 18.0. The van der Waals surface area contributed by atoms with Crippen LogP contribution in [0.5, 0.6) is 5.75 Å². The molecule has 0 N–H and O–H groups in total. The van der Waals surface area contributed by atoms with Crippen LogP contribution >= 0.6 is 11.6 Å². The lowest BCUT2D eigenvalue weighted by Crippen LogP contribution is -2.59. The van der Waals surface area contributed by atoms with Gasteiger partial charge < -0.3 is 9.64 Å². The summed E-state index contributed by atoms with van der Waals surface area (Å²) >= 11 is 6.50. The first-order chi connectivity index (χ1) is 13.7. The van der Waals surface area contributed by atoms with Crippen molar-refractivity contribution in [2.45, 2.75) is 44.4 Å². The summed E-state index contributed by atoms with van der Waals surface area (Å²) in [6.45, 7) is 5.50. The first-order valence-electron chi connectivity index (χ1n) is 10.3. The SMILES string of the molecule is CCCN1CCC2(CC1)Oc1ccccc1[C@H]1CC(c3ccccc3Cl)=NN12. The number of halogens is 1. The predicted molar refractivity (Wildman–Crippen MR) is 113 cm³/mol. The Bertz CT molecular complexity index is 904. The highest BCUT2D eigenvalue weighted by atomic mass is 35.5. The zero-order chi connectivity index (χ0) is 19.1. The van der Waals surface area contributed by atoms with Gasteiger partial charge >= 0.3 is 0 Å². The number of hydrazone groups is 1. The van der Waals surface area contributed by atoms with Gasteiger partial charge in [-0.05, 0) is 25.1 Å². The Labute approximate surface area is 171 Å². The maximum absolute atomic E-state index is 6.67. The van der Waals surface area contributed by atoms with Crippen LogP contribution in [0.3, 0.4) is 0 Å². The van der Waals surface area contributed by atoms with Gasteiger partial charge in [0.25, 0.3) is 0 Å². The number of nitrogens with zero attached hydrogens (tertiary/aromatic N) is 3. The Kier molecular flexibility index (Phi) is 4.56. The molecular formula is C23H26ClN3O. The van der Waals surface area contributed by atoms with Crippen LogP contribution in [0.4, 0.5) is 0 Å². The molecule has 146 valence electrons. The van der Waals surface area contributed by atoms with E-state index in [0.29, 0.717) is 0 Å². The molecule has 0 aliphatic carbocycles. The normalized spacial score (nSPS) is 23.1. The Morgan fingerprint density at radius 3 is 2.64 bits per heavy atom. The van der Waals surface area contributed by atoms with Crippen LogP contribution in [-0.2, 0) is 0 Å². The van der Waals surface area contributed by atoms with E-state index in [2.05, 4.69) is 47.2 Å². The molecule has 5 rings (SSSR count). The Hall–Kier alpha value is -2.04. The Balaban J connectivity index is 1.53. The molecule has 1 atom stereocenters. The summed E-state index contributed by atoms with van der Waals surface area (Å²) in [6, 6.07) is 16.7. The largest absolute Gasteiger partial charge is 0.466 e. The summed E-state index contributed by atoms with van der Waals surface area (Å²) in [5.74, 6) is 1.02. The molecule has 28 heavy (non-hydrogen) atoms. The van der Waals surface area contributed by atoms with E-state index < -0.39 is 0 Å². The third-order valence-electron chi connectivity index (χ3n) is 6.27. The number of likely N-dealkylation sites (tertiary alicyclic amines) is 1. The van der Waals surface area contributed by atoms with E-state index in [0.717, 1.165) is 60.9 Å². The van der Waals surface area contributed by atoms with Crippen molar-refractivity contribution in [2.24, 2.45) is 5.10 Å². The van der Waals surface area contributed by atoms with E-state index in [4.69, 9.17) is 21.4 Å². The van der Waals surface area contributed by atoms with Crippen molar-refractivity contribution in [1.82, 2.24) is 9.91 Å². The fraction of sp³-hybridized carbons (Fsp3) is 0.435. The highest BCUT2D eigenvalue weighted by Crippen LogP contribution is 2.50. The summed E-state index contributed by atoms with van der Waals surface area (Å²) in [7, 11) is 0. The minimum absolute atomic E-state index is 0.217. The molecule has 3 aliphatic heterocycles. The van der Waals surface area contributed by atoms with Gasteiger partial charge in [-0.3, -0.25) is 0 Å². The second-order valence-corrected chi connectivity index (χ2v) is 8.43. The van der Waals surface area contributed by atoms with Crippen molar-refractivity contribution in [3.05, 3.63) is 64.7 Å². The van der Waals surface area contributed by atoms with Crippen molar-refractivity contribution in [3.63, 3.8) is 0 Å². The quantitative estimate of drug-likeness (QED) is 0.724. The third kappa shape index (κ3) is 2.90. The van der Waals surface area contributed by atoms with Crippen LogP contribution in [0.25, 0.3) is 0 Å². The fourth-order valence-corrected chi connectivity index (χ4v) is 5.10. The number of hydrogen-bond donors (Lipinski definition) is 0. The smallest absolute Gasteiger partial charge is 0.200 e. The molecule has 3 aliphatic rings. The number of rotatable bonds is 3. The molecule has 1 saturated heterocycles. The van der Waals surface area contributed by atoms with Gasteiger partial charge in [-0.2, -0.15) is 5.10 Å². The first-order valence-corrected chi connectivity index (χ1v) is 10.7. The van der Waals surface area contributed by atoms with Crippen LogP contribution < -0.4 is 4.74 Å². The third-order valence-corrected chi connectivity index (χ3v) is 6.60. The van der Waals surface area contributed by atoms with E-state index in [1.165, 1.54) is 12.0 Å². The number of para-hydroxylation sites is 1. The summed E-state index contributed by atoms with van der Waals surface area (Å²) in [5, 5.41) is 8.14. The molecule has 0 aromatic heterocycles. The molecule has 2 aromatic rings. The molecular weight excluding hydrogens is 370 g/mol. The number of fused-ring (bicyclic) bond motifs is 4. The maximum Gasteiger partial charge on any atom is 0.200 e. The standard InChI is InChI=1S/C23H26ClN3O/c1-2-13-26-14-11-23(12-15-26)27-21(18-8-4-6-10-22(18)28-23)16-20(25-27)17-7-3-5-9-19(17)24/h3-10,21H,2,11-16H2,1H3/t21-/m1/s1. The van der Waals surface area contributed by atoms with Gasteiger partial charge in [0, 0.05) is 48.5 Å². The number of ether oxygens (including phenoxy) is 1. The molecule has 4 nitrogen and oxygen atoms in total. The lowest BCUT2D eigenvalue weighted by atomic mass is 9.90. The van der Waals surface area contributed by atoms with E-state index in [9.17, 15) is 0 Å². The van der Waals surface area contributed by atoms with Gasteiger partial charge in [0.1, 0.15) is 5.75 Å². The molecule has 1 spiro atoms. The van der Waals surface area contributed by atoms with Gasteiger partial charge in [-0.1, -0.05) is 54.9 Å².